The molecule has 2 nitrogen and oxygen atoms in total. The summed E-state index contributed by atoms with van der Waals surface area (Å²) in [4.78, 5) is 12.5. The molecule has 90 valence electrons. The van der Waals surface area contributed by atoms with Crippen LogP contribution in [0.2, 0.25) is 0 Å². The van der Waals surface area contributed by atoms with E-state index in [0.717, 1.165) is 12.3 Å². The van der Waals surface area contributed by atoms with Crippen LogP contribution in [0.15, 0.2) is 0 Å². The summed E-state index contributed by atoms with van der Waals surface area (Å²) in [5.41, 5.74) is -0.202. The summed E-state index contributed by atoms with van der Waals surface area (Å²) >= 11 is 0. The molecule has 3 rings (SSSR count). The standard InChI is InChI=1S/C14H22O2/c1-4-14(2,3)13(15)12-10-6-8-5-9(10)11(7-8)16-12/h8-12H,4-7H2,1-3H3. The molecular weight excluding hydrogens is 200 g/mol. The second-order valence-electron chi connectivity index (χ2n) is 6.60. The van der Waals surface area contributed by atoms with E-state index in [-0.39, 0.29) is 11.5 Å². The van der Waals surface area contributed by atoms with Crippen molar-refractivity contribution in [2.45, 2.75) is 58.7 Å². The molecule has 1 saturated heterocycles. The topological polar surface area (TPSA) is 26.3 Å². The van der Waals surface area contributed by atoms with E-state index in [0.29, 0.717) is 23.7 Å². The highest BCUT2D eigenvalue weighted by Gasteiger charge is 2.58. The van der Waals surface area contributed by atoms with Crippen molar-refractivity contribution in [3.8, 4) is 0 Å². The highest BCUT2D eigenvalue weighted by molar-refractivity contribution is 5.89. The predicted molar refractivity (Wildman–Crippen MR) is 62.1 cm³/mol. The molecule has 3 fully saturated rings. The molecule has 2 heteroatoms. The Labute approximate surface area is 97.7 Å². The molecule has 16 heavy (non-hydrogen) atoms. The molecule has 0 aromatic rings. The van der Waals surface area contributed by atoms with Crippen LogP contribution in [0.5, 0.6) is 0 Å². The number of hydrogen-bond donors (Lipinski definition) is 0. The third kappa shape index (κ3) is 1.32. The Morgan fingerprint density at radius 3 is 2.50 bits per heavy atom. The fraction of sp³-hybridized carbons (Fsp3) is 0.929. The molecule has 2 aliphatic carbocycles. The van der Waals surface area contributed by atoms with Gasteiger partial charge in [-0.3, -0.25) is 4.79 Å². The zero-order valence-electron chi connectivity index (χ0n) is 10.5. The summed E-state index contributed by atoms with van der Waals surface area (Å²) in [5.74, 6) is 2.49. The monoisotopic (exact) mass is 222 g/mol. The average molecular weight is 222 g/mol. The minimum absolute atomic E-state index is 0.0718. The minimum atomic E-state index is -0.202. The lowest BCUT2D eigenvalue weighted by Crippen LogP contribution is -2.37. The zero-order chi connectivity index (χ0) is 11.5. The highest BCUT2D eigenvalue weighted by Crippen LogP contribution is 2.57. The average Bonchev–Trinajstić information content (AvgIpc) is 2.85. The van der Waals surface area contributed by atoms with Gasteiger partial charge in [-0.2, -0.15) is 0 Å². The van der Waals surface area contributed by atoms with Gasteiger partial charge < -0.3 is 4.74 Å². The van der Waals surface area contributed by atoms with Gasteiger partial charge in [-0.1, -0.05) is 20.8 Å². The van der Waals surface area contributed by atoms with E-state index in [4.69, 9.17) is 4.74 Å². The lowest BCUT2D eigenvalue weighted by Gasteiger charge is -2.27. The quantitative estimate of drug-likeness (QED) is 0.734. The van der Waals surface area contributed by atoms with E-state index in [2.05, 4.69) is 20.8 Å². The van der Waals surface area contributed by atoms with Gasteiger partial charge in [-0.25, -0.2) is 0 Å². The third-order valence-corrected chi connectivity index (χ3v) is 5.32. The van der Waals surface area contributed by atoms with E-state index in [1.807, 2.05) is 0 Å². The molecular formula is C14H22O2. The first-order valence-corrected chi connectivity index (χ1v) is 6.72. The maximum absolute atomic E-state index is 12.5. The molecule has 0 aromatic heterocycles. The molecule has 3 aliphatic rings. The van der Waals surface area contributed by atoms with Gasteiger partial charge in [0.05, 0.1) is 6.10 Å². The van der Waals surface area contributed by atoms with Crippen LogP contribution >= 0.6 is 0 Å². The third-order valence-electron chi connectivity index (χ3n) is 5.32. The van der Waals surface area contributed by atoms with Crippen LogP contribution in [-0.4, -0.2) is 18.0 Å². The van der Waals surface area contributed by atoms with Crippen molar-refractivity contribution in [1.82, 2.24) is 0 Å². The van der Waals surface area contributed by atoms with Gasteiger partial charge >= 0.3 is 0 Å². The Balaban J connectivity index is 1.80. The number of rotatable bonds is 3. The summed E-state index contributed by atoms with van der Waals surface area (Å²) in [7, 11) is 0. The van der Waals surface area contributed by atoms with E-state index in [1.54, 1.807) is 0 Å². The van der Waals surface area contributed by atoms with Crippen molar-refractivity contribution in [3.63, 3.8) is 0 Å². The lowest BCUT2D eigenvalue weighted by atomic mass is 9.77. The van der Waals surface area contributed by atoms with Gasteiger partial charge in [0.25, 0.3) is 0 Å². The molecule has 2 saturated carbocycles. The summed E-state index contributed by atoms with van der Waals surface area (Å²) in [6.07, 6.45) is 5.06. The molecule has 0 radical (unpaired) electrons. The fourth-order valence-corrected chi connectivity index (χ4v) is 3.95. The van der Waals surface area contributed by atoms with Crippen LogP contribution < -0.4 is 0 Å². The molecule has 0 spiro atoms. The number of hydrogen-bond acceptors (Lipinski definition) is 2. The molecule has 1 heterocycles. The van der Waals surface area contributed by atoms with Crippen LogP contribution in [-0.2, 0) is 9.53 Å². The number of carbonyl (C=O) groups is 1. The first kappa shape index (κ1) is 10.8. The van der Waals surface area contributed by atoms with Gasteiger partial charge in [-0.05, 0) is 43.4 Å². The van der Waals surface area contributed by atoms with Crippen LogP contribution in [0.1, 0.15) is 46.5 Å². The Bertz CT molecular complexity index is 319. The molecule has 0 aromatic carbocycles. The van der Waals surface area contributed by atoms with Gasteiger partial charge in [0.1, 0.15) is 6.10 Å². The second-order valence-corrected chi connectivity index (χ2v) is 6.60. The first-order chi connectivity index (χ1) is 7.53. The number of ether oxygens (including phenoxy) is 1. The number of Topliss-reactive ketones (excluding diaryl/α,β-unsaturated/α-hetero) is 1. The van der Waals surface area contributed by atoms with Gasteiger partial charge in [0.2, 0.25) is 0 Å². The Kier molecular flexibility index (Phi) is 2.23. The molecule has 0 amide bonds. The maximum atomic E-state index is 12.5. The van der Waals surface area contributed by atoms with Gasteiger partial charge in [0.15, 0.2) is 5.78 Å². The SMILES string of the molecule is CCC(C)(C)C(=O)C1OC2CC3CC2C1C3. The number of fused-ring (bicyclic) bond motifs is 1. The summed E-state index contributed by atoms with van der Waals surface area (Å²) in [6.45, 7) is 6.22. The summed E-state index contributed by atoms with van der Waals surface area (Å²) in [6, 6.07) is 0. The zero-order valence-corrected chi connectivity index (χ0v) is 10.5. The summed E-state index contributed by atoms with van der Waals surface area (Å²) in [5, 5.41) is 0. The smallest absolute Gasteiger partial charge is 0.167 e. The van der Waals surface area contributed by atoms with Crippen molar-refractivity contribution < 1.29 is 9.53 Å². The van der Waals surface area contributed by atoms with Crippen molar-refractivity contribution in [3.05, 3.63) is 0 Å². The van der Waals surface area contributed by atoms with Gasteiger partial charge in [0, 0.05) is 5.41 Å². The van der Waals surface area contributed by atoms with Crippen molar-refractivity contribution in [1.29, 1.82) is 0 Å². The largest absolute Gasteiger partial charge is 0.367 e. The van der Waals surface area contributed by atoms with E-state index < -0.39 is 0 Å². The minimum Gasteiger partial charge on any atom is -0.367 e. The normalized spacial score (nSPS) is 45.3. The fourth-order valence-electron chi connectivity index (χ4n) is 3.95. The van der Waals surface area contributed by atoms with E-state index >= 15 is 0 Å². The summed E-state index contributed by atoms with van der Waals surface area (Å²) < 4.78 is 6.04. The van der Waals surface area contributed by atoms with Crippen LogP contribution in [0, 0.1) is 23.2 Å². The highest BCUT2D eigenvalue weighted by atomic mass is 16.5. The second kappa shape index (κ2) is 3.32. The first-order valence-electron chi connectivity index (χ1n) is 6.72. The molecule has 0 N–H and O–H groups in total. The van der Waals surface area contributed by atoms with Crippen LogP contribution in [0.4, 0.5) is 0 Å². The number of ketones is 1. The van der Waals surface area contributed by atoms with Crippen molar-refractivity contribution >= 4 is 5.78 Å². The molecule has 2 bridgehead atoms. The lowest BCUT2D eigenvalue weighted by molar-refractivity contribution is -0.139. The van der Waals surface area contributed by atoms with Crippen LogP contribution in [0.25, 0.3) is 0 Å². The van der Waals surface area contributed by atoms with E-state index in [9.17, 15) is 4.79 Å². The van der Waals surface area contributed by atoms with E-state index in [1.165, 1.54) is 19.3 Å². The maximum Gasteiger partial charge on any atom is 0.167 e. The van der Waals surface area contributed by atoms with Crippen LogP contribution in [0.3, 0.4) is 0 Å². The Morgan fingerprint density at radius 1 is 1.25 bits per heavy atom. The Hall–Kier alpha value is -0.370. The molecule has 5 atom stereocenters. The Morgan fingerprint density at radius 2 is 1.94 bits per heavy atom. The van der Waals surface area contributed by atoms with Crippen molar-refractivity contribution in [2.24, 2.45) is 23.2 Å². The van der Waals surface area contributed by atoms with Crippen molar-refractivity contribution in [2.75, 3.05) is 0 Å². The molecule has 5 unspecified atom stereocenters. The number of carbonyl (C=O) groups excluding carboxylic acids is 1. The predicted octanol–water partition coefficient (Wildman–Crippen LogP) is 2.81. The molecule has 1 aliphatic heterocycles. The van der Waals surface area contributed by atoms with Gasteiger partial charge in [-0.15, -0.1) is 0 Å².